The highest BCUT2D eigenvalue weighted by molar-refractivity contribution is 5.78. The van der Waals surface area contributed by atoms with Gasteiger partial charge in [-0.2, -0.15) is 0 Å². The number of hydrogen-bond donors (Lipinski definition) is 1. The Morgan fingerprint density at radius 1 is 1.16 bits per heavy atom. The minimum atomic E-state index is -0.119. The number of fused-ring (bicyclic) bond motifs is 1. The fourth-order valence-electron chi connectivity index (χ4n) is 2.64. The molecule has 1 saturated carbocycles. The van der Waals surface area contributed by atoms with Gasteiger partial charge in [0.1, 0.15) is 0 Å². The zero-order chi connectivity index (χ0) is 13.1. The summed E-state index contributed by atoms with van der Waals surface area (Å²) >= 11 is 0. The molecule has 0 atom stereocenters. The number of aromatic nitrogens is 1. The number of rotatable bonds is 3. The lowest BCUT2D eigenvalue weighted by Gasteiger charge is -2.25. The topological polar surface area (TPSA) is 42.4 Å². The third-order valence-corrected chi connectivity index (χ3v) is 3.80. The van der Waals surface area contributed by atoms with Crippen LogP contribution in [0.4, 0.5) is 0 Å². The fourth-order valence-corrected chi connectivity index (χ4v) is 2.64. The van der Waals surface area contributed by atoms with E-state index in [1.807, 2.05) is 18.3 Å². The van der Waals surface area contributed by atoms with Crippen molar-refractivity contribution in [2.45, 2.75) is 44.5 Å². The number of aliphatic hydroxyl groups excluding tert-OH is 1. The van der Waals surface area contributed by atoms with E-state index in [1.165, 1.54) is 5.56 Å². The van der Waals surface area contributed by atoms with E-state index in [0.717, 1.165) is 36.6 Å². The van der Waals surface area contributed by atoms with Crippen molar-refractivity contribution in [3.63, 3.8) is 0 Å². The number of nitrogens with zero attached hydrogens (tertiary/aromatic N) is 1. The lowest BCUT2D eigenvalue weighted by molar-refractivity contribution is -0.0118. The summed E-state index contributed by atoms with van der Waals surface area (Å²) in [6.45, 7) is 0.644. The van der Waals surface area contributed by atoms with E-state index >= 15 is 0 Å². The average Bonchev–Trinajstić information content (AvgIpc) is 2.46. The summed E-state index contributed by atoms with van der Waals surface area (Å²) in [5, 5.41) is 10.6. The van der Waals surface area contributed by atoms with Crippen molar-refractivity contribution in [3.8, 4) is 0 Å². The summed E-state index contributed by atoms with van der Waals surface area (Å²) in [7, 11) is 0. The molecule has 1 heterocycles. The Morgan fingerprint density at radius 3 is 2.84 bits per heavy atom. The maximum Gasteiger partial charge on any atom is 0.0720 e. The van der Waals surface area contributed by atoms with Crippen molar-refractivity contribution in [1.82, 2.24) is 4.98 Å². The molecule has 3 rings (SSSR count). The number of pyridine rings is 1. The van der Waals surface area contributed by atoms with Crippen LogP contribution >= 0.6 is 0 Å². The molecule has 0 spiro atoms. The summed E-state index contributed by atoms with van der Waals surface area (Å²) in [6.07, 6.45) is 5.66. The van der Waals surface area contributed by atoms with Gasteiger partial charge in [-0.25, -0.2) is 0 Å². The molecule has 1 aliphatic rings. The minimum absolute atomic E-state index is 0.119. The molecular formula is C16H19NO2. The third-order valence-electron chi connectivity index (χ3n) is 3.80. The molecule has 0 bridgehead atoms. The zero-order valence-corrected chi connectivity index (χ0v) is 11.0. The van der Waals surface area contributed by atoms with Gasteiger partial charge < -0.3 is 9.84 Å². The molecule has 0 saturated heterocycles. The van der Waals surface area contributed by atoms with Crippen LogP contribution in [0.5, 0.6) is 0 Å². The van der Waals surface area contributed by atoms with E-state index in [-0.39, 0.29) is 6.10 Å². The molecule has 2 aromatic rings. The second-order valence-electron chi connectivity index (χ2n) is 5.27. The molecule has 0 radical (unpaired) electrons. The first kappa shape index (κ1) is 12.6. The van der Waals surface area contributed by atoms with E-state index in [2.05, 4.69) is 23.2 Å². The smallest absolute Gasteiger partial charge is 0.0720 e. The predicted molar refractivity (Wildman–Crippen MR) is 74.8 cm³/mol. The number of benzene rings is 1. The van der Waals surface area contributed by atoms with Gasteiger partial charge in [0.25, 0.3) is 0 Å². The molecule has 1 aromatic carbocycles. The quantitative estimate of drug-likeness (QED) is 0.919. The van der Waals surface area contributed by atoms with Gasteiger partial charge in [-0.1, -0.05) is 12.1 Å². The monoisotopic (exact) mass is 257 g/mol. The van der Waals surface area contributed by atoms with E-state index in [0.29, 0.717) is 12.7 Å². The highest BCUT2D eigenvalue weighted by Gasteiger charge is 2.19. The fraction of sp³-hybridized carbons (Fsp3) is 0.438. The summed E-state index contributed by atoms with van der Waals surface area (Å²) in [5.74, 6) is 0. The Balaban J connectivity index is 1.62. The lowest BCUT2D eigenvalue weighted by Crippen LogP contribution is -2.24. The van der Waals surface area contributed by atoms with Gasteiger partial charge in [-0.05, 0) is 49.4 Å². The Morgan fingerprint density at radius 2 is 2.00 bits per heavy atom. The first-order valence-corrected chi connectivity index (χ1v) is 6.94. The largest absolute Gasteiger partial charge is 0.393 e. The maximum atomic E-state index is 9.47. The van der Waals surface area contributed by atoms with Crippen LogP contribution in [0.15, 0.2) is 36.5 Å². The molecule has 100 valence electrons. The van der Waals surface area contributed by atoms with Gasteiger partial charge in [-0.15, -0.1) is 0 Å². The molecule has 1 fully saturated rings. The van der Waals surface area contributed by atoms with Crippen LogP contribution in [0.3, 0.4) is 0 Å². The number of hydrogen-bond acceptors (Lipinski definition) is 3. The van der Waals surface area contributed by atoms with Crippen LogP contribution in [0.25, 0.3) is 10.9 Å². The van der Waals surface area contributed by atoms with E-state index < -0.39 is 0 Å². The van der Waals surface area contributed by atoms with Crippen molar-refractivity contribution in [2.24, 2.45) is 0 Å². The molecular weight excluding hydrogens is 238 g/mol. The molecule has 0 unspecified atom stereocenters. The van der Waals surface area contributed by atoms with E-state index in [1.54, 1.807) is 0 Å². The lowest BCUT2D eigenvalue weighted by atomic mass is 9.95. The first-order valence-electron chi connectivity index (χ1n) is 6.94. The number of aliphatic hydroxyl groups is 1. The SMILES string of the molecule is OC1CCC(OCc2ccc3ncccc3c2)CC1. The van der Waals surface area contributed by atoms with Crippen LogP contribution in [-0.4, -0.2) is 22.3 Å². The standard InChI is InChI=1S/C16H19NO2/c18-14-4-6-15(7-5-14)19-11-12-3-8-16-13(10-12)2-1-9-17-16/h1-3,8-10,14-15,18H,4-7,11H2. The average molecular weight is 257 g/mol. The van der Waals surface area contributed by atoms with Crippen LogP contribution < -0.4 is 0 Å². The third kappa shape index (κ3) is 3.11. The molecule has 1 aromatic heterocycles. The summed E-state index contributed by atoms with van der Waals surface area (Å²) < 4.78 is 5.93. The molecule has 19 heavy (non-hydrogen) atoms. The van der Waals surface area contributed by atoms with Gasteiger partial charge in [0, 0.05) is 11.6 Å². The Kier molecular flexibility index (Phi) is 3.76. The second kappa shape index (κ2) is 5.68. The highest BCUT2D eigenvalue weighted by atomic mass is 16.5. The number of ether oxygens (including phenoxy) is 1. The molecule has 1 N–H and O–H groups in total. The Hall–Kier alpha value is -1.45. The maximum absolute atomic E-state index is 9.47. The van der Waals surface area contributed by atoms with Crippen molar-refractivity contribution < 1.29 is 9.84 Å². The van der Waals surface area contributed by atoms with Gasteiger partial charge in [0.15, 0.2) is 0 Å². The molecule has 3 heteroatoms. The molecule has 1 aliphatic carbocycles. The van der Waals surface area contributed by atoms with Crippen LogP contribution in [0, 0.1) is 0 Å². The summed E-state index contributed by atoms with van der Waals surface area (Å²) in [4.78, 5) is 4.31. The molecule has 0 amide bonds. The van der Waals surface area contributed by atoms with Gasteiger partial charge in [0.05, 0.1) is 24.3 Å². The van der Waals surface area contributed by atoms with Gasteiger partial charge in [-0.3, -0.25) is 4.98 Å². The van der Waals surface area contributed by atoms with Crippen molar-refractivity contribution >= 4 is 10.9 Å². The highest BCUT2D eigenvalue weighted by Crippen LogP contribution is 2.22. The Bertz CT molecular complexity index is 547. The van der Waals surface area contributed by atoms with Gasteiger partial charge >= 0.3 is 0 Å². The van der Waals surface area contributed by atoms with Crippen LogP contribution in [-0.2, 0) is 11.3 Å². The molecule has 0 aliphatic heterocycles. The second-order valence-corrected chi connectivity index (χ2v) is 5.27. The molecule has 3 nitrogen and oxygen atoms in total. The first-order chi connectivity index (χ1) is 9.31. The predicted octanol–water partition coefficient (Wildman–Crippen LogP) is 3.05. The summed E-state index contributed by atoms with van der Waals surface area (Å²) in [5.41, 5.74) is 2.21. The zero-order valence-electron chi connectivity index (χ0n) is 11.0. The van der Waals surface area contributed by atoms with Crippen molar-refractivity contribution in [3.05, 3.63) is 42.1 Å². The van der Waals surface area contributed by atoms with Gasteiger partial charge in [0.2, 0.25) is 0 Å². The van der Waals surface area contributed by atoms with Crippen molar-refractivity contribution in [1.29, 1.82) is 0 Å². The van der Waals surface area contributed by atoms with E-state index in [4.69, 9.17) is 4.74 Å². The van der Waals surface area contributed by atoms with Crippen molar-refractivity contribution in [2.75, 3.05) is 0 Å². The Labute approximate surface area is 113 Å². The summed E-state index contributed by atoms with van der Waals surface area (Å²) in [6, 6.07) is 10.3. The van der Waals surface area contributed by atoms with Crippen LogP contribution in [0.1, 0.15) is 31.2 Å². The van der Waals surface area contributed by atoms with E-state index in [9.17, 15) is 5.11 Å². The minimum Gasteiger partial charge on any atom is -0.393 e. The van der Waals surface area contributed by atoms with Crippen LogP contribution in [0.2, 0.25) is 0 Å². The normalized spacial score (nSPS) is 23.6.